The molecule has 0 aliphatic rings. The topological polar surface area (TPSA) is 55.1 Å². The van der Waals surface area contributed by atoms with Gasteiger partial charge in [0.1, 0.15) is 0 Å². The zero-order chi connectivity index (χ0) is 12.7. The number of rotatable bonds is 6. The van der Waals surface area contributed by atoms with Crippen molar-refractivity contribution in [3.8, 4) is 0 Å². The summed E-state index contributed by atoms with van der Waals surface area (Å²) < 4.78 is 0. The van der Waals surface area contributed by atoms with Crippen molar-refractivity contribution in [2.75, 3.05) is 13.1 Å². The lowest BCUT2D eigenvalue weighted by Gasteiger charge is -2.13. The molecule has 0 bridgehead atoms. The van der Waals surface area contributed by atoms with Crippen LogP contribution in [0, 0.1) is 5.92 Å². The molecule has 0 aliphatic carbocycles. The van der Waals surface area contributed by atoms with Crippen LogP contribution in [0.5, 0.6) is 0 Å². The number of amides is 1. The number of carbonyl (C=O) groups is 1. The van der Waals surface area contributed by atoms with Crippen molar-refractivity contribution in [2.24, 2.45) is 11.7 Å². The Hall–Kier alpha value is -1.35. The van der Waals surface area contributed by atoms with E-state index in [1.54, 1.807) is 0 Å². The third kappa shape index (κ3) is 4.19. The molecule has 3 heteroatoms. The van der Waals surface area contributed by atoms with E-state index in [2.05, 4.69) is 19.2 Å². The SMILES string of the molecule is CCc1ccccc1C(=O)NCC(C)CCN. The number of hydrogen-bond donors (Lipinski definition) is 2. The van der Waals surface area contributed by atoms with Gasteiger partial charge in [0, 0.05) is 12.1 Å². The van der Waals surface area contributed by atoms with Crippen LogP contribution in [-0.4, -0.2) is 19.0 Å². The van der Waals surface area contributed by atoms with E-state index in [0.29, 0.717) is 19.0 Å². The van der Waals surface area contributed by atoms with Crippen molar-refractivity contribution in [3.05, 3.63) is 35.4 Å². The van der Waals surface area contributed by atoms with Gasteiger partial charge in [0.2, 0.25) is 0 Å². The van der Waals surface area contributed by atoms with Crippen molar-refractivity contribution in [1.82, 2.24) is 5.32 Å². The molecule has 1 rings (SSSR count). The number of hydrogen-bond acceptors (Lipinski definition) is 2. The summed E-state index contributed by atoms with van der Waals surface area (Å²) in [6.07, 6.45) is 1.82. The van der Waals surface area contributed by atoms with Gasteiger partial charge in [0.25, 0.3) is 5.91 Å². The Morgan fingerprint density at radius 1 is 1.41 bits per heavy atom. The summed E-state index contributed by atoms with van der Waals surface area (Å²) in [6.45, 7) is 5.51. The first-order chi connectivity index (χ1) is 8.19. The van der Waals surface area contributed by atoms with Crippen molar-refractivity contribution in [3.63, 3.8) is 0 Å². The number of aryl methyl sites for hydroxylation is 1. The van der Waals surface area contributed by atoms with E-state index in [1.165, 1.54) is 0 Å². The molecule has 0 aliphatic heterocycles. The summed E-state index contributed by atoms with van der Waals surface area (Å²) in [4.78, 5) is 12.0. The summed E-state index contributed by atoms with van der Waals surface area (Å²) in [5, 5.41) is 2.96. The molecule has 1 aromatic carbocycles. The largest absolute Gasteiger partial charge is 0.352 e. The molecular formula is C14H22N2O. The van der Waals surface area contributed by atoms with Crippen molar-refractivity contribution in [2.45, 2.75) is 26.7 Å². The van der Waals surface area contributed by atoms with Crippen LogP contribution >= 0.6 is 0 Å². The predicted octanol–water partition coefficient (Wildman–Crippen LogP) is 1.96. The molecule has 0 saturated carbocycles. The van der Waals surface area contributed by atoms with E-state index in [-0.39, 0.29) is 5.91 Å². The predicted molar refractivity (Wildman–Crippen MR) is 71.0 cm³/mol. The number of benzene rings is 1. The molecule has 1 unspecified atom stereocenters. The molecule has 1 atom stereocenters. The standard InChI is InChI=1S/C14H22N2O/c1-3-12-6-4-5-7-13(12)14(17)16-10-11(2)8-9-15/h4-7,11H,3,8-10,15H2,1-2H3,(H,16,17). The molecule has 94 valence electrons. The van der Waals surface area contributed by atoms with Gasteiger partial charge in [-0.1, -0.05) is 32.0 Å². The van der Waals surface area contributed by atoms with Crippen molar-refractivity contribution >= 4 is 5.91 Å². The zero-order valence-electron chi connectivity index (χ0n) is 10.7. The molecule has 0 saturated heterocycles. The molecule has 17 heavy (non-hydrogen) atoms. The molecule has 0 spiro atoms. The smallest absolute Gasteiger partial charge is 0.251 e. The Balaban J connectivity index is 2.58. The minimum Gasteiger partial charge on any atom is -0.352 e. The Labute approximate surface area is 103 Å². The van der Waals surface area contributed by atoms with Crippen molar-refractivity contribution < 1.29 is 4.79 Å². The summed E-state index contributed by atoms with van der Waals surface area (Å²) in [7, 11) is 0. The van der Waals surface area contributed by atoms with Crippen LogP contribution in [-0.2, 0) is 6.42 Å². The van der Waals surface area contributed by atoms with Gasteiger partial charge in [0.05, 0.1) is 0 Å². The van der Waals surface area contributed by atoms with E-state index < -0.39 is 0 Å². The van der Waals surface area contributed by atoms with Gasteiger partial charge in [0.15, 0.2) is 0 Å². The highest BCUT2D eigenvalue weighted by Gasteiger charge is 2.10. The first-order valence-electron chi connectivity index (χ1n) is 6.25. The second kappa shape index (κ2) is 7.07. The second-order valence-electron chi connectivity index (χ2n) is 4.40. The average molecular weight is 234 g/mol. The van der Waals surface area contributed by atoms with Crippen molar-refractivity contribution in [1.29, 1.82) is 0 Å². The molecular weight excluding hydrogens is 212 g/mol. The van der Waals surface area contributed by atoms with Crippen LogP contribution in [0.1, 0.15) is 36.2 Å². The van der Waals surface area contributed by atoms with Crippen LogP contribution < -0.4 is 11.1 Å². The fourth-order valence-electron chi connectivity index (χ4n) is 1.80. The van der Waals surface area contributed by atoms with Gasteiger partial charge in [-0.05, 0) is 36.9 Å². The van der Waals surface area contributed by atoms with Crippen LogP contribution in [0.25, 0.3) is 0 Å². The molecule has 1 aromatic rings. The Bertz CT molecular complexity index is 363. The fourth-order valence-corrected chi connectivity index (χ4v) is 1.80. The third-order valence-electron chi connectivity index (χ3n) is 2.91. The number of nitrogens with one attached hydrogen (secondary N) is 1. The second-order valence-corrected chi connectivity index (χ2v) is 4.40. The highest BCUT2D eigenvalue weighted by molar-refractivity contribution is 5.95. The lowest BCUT2D eigenvalue weighted by molar-refractivity contribution is 0.0946. The molecule has 0 aromatic heterocycles. The Morgan fingerprint density at radius 2 is 2.12 bits per heavy atom. The highest BCUT2D eigenvalue weighted by Crippen LogP contribution is 2.09. The molecule has 0 radical (unpaired) electrons. The van der Waals surface area contributed by atoms with Crippen LogP contribution in [0.3, 0.4) is 0 Å². The third-order valence-corrected chi connectivity index (χ3v) is 2.91. The Morgan fingerprint density at radius 3 is 2.76 bits per heavy atom. The minimum atomic E-state index is 0.0197. The normalized spacial score (nSPS) is 12.2. The zero-order valence-corrected chi connectivity index (χ0v) is 10.7. The molecule has 1 amide bonds. The molecule has 3 N–H and O–H groups in total. The van der Waals surface area contributed by atoms with Crippen LogP contribution in [0.4, 0.5) is 0 Å². The minimum absolute atomic E-state index is 0.0197. The van der Waals surface area contributed by atoms with Gasteiger partial charge in [-0.2, -0.15) is 0 Å². The van der Waals surface area contributed by atoms with Gasteiger partial charge in [-0.25, -0.2) is 0 Å². The van der Waals surface area contributed by atoms with Gasteiger partial charge < -0.3 is 11.1 Å². The Kier molecular flexibility index (Phi) is 5.70. The number of nitrogens with two attached hydrogens (primary N) is 1. The molecule has 3 nitrogen and oxygen atoms in total. The molecule has 0 heterocycles. The van der Waals surface area contributed by atoms with Gasteiger partial charge >= 0.3 is 0 Å². The van der Waals surface area contributed by atoms with E-state index in [9.17, 15) is 4.79 Å². The summed E-state index contributed by atoms with van der Waals surface area (Å²) >= 11 is 0. The summed E-state index contributed by atoms with van der Waals surface area (Å²) in [6, 6.07) is 7.74. The summed E-state index contributed by atoms with van der Waals surface area (Å²) in [5.74, 6) is 0.448. The lowest BCUT2D eigenvalue weighted by atomic mass is 10.0. The average Bonchev–Trinajstić information content (AvgIpc) is 2.36. The quantitative estimate of drug-likeness (QED) is 0.790. The van der Waals surface area contributed by atoms with Crippen LogP contribution in [0.2, 0.25) is 0 Å². The van der Waals surface area contributed by atoms with E-state index in [4.69, 9.17) is 5.73 Å². The molecule has 0 fully saturated rings. The highest BCUT2D eigenvalue weighted by atomic mass is 16.1. The summed E-state index contributed by atoms with van der Waals surface area (Å²) in [5.41, 5.74) is 7.36. The first-order valence-corrected chi connectivity index (χ1v) is 6.25. The van der Waals surface area contributed by atoms with Gasteiger partial charge in [-0.3, -0.25) is 4.79 Å². The van der Waals surface area contributed by atoms with Gasteiger partial charge in [-0.15, -0.1) is 0 Å². The fraction of sp³-hybridized carbons (Fsp3) is 0.500. The monoisotopic (exact) mass is 234 g/mol. The maximum atomic E-state index is 12.0. The van der Waals surface area contributed by atoms with E-state index in [1.807, 2.05) is 24.3 Å². The number of carbonyl (C=O) groups excluding carboxylic acids is 1. The lowest BCUT2D eigenvalue weighted by Crippen LogP contribution is -2.29. The maximum absolute atomic E-state index is 12.0. The van der Waals surface area contributed by atoms with E-state index >= 15 is 0 Å². The first kappa shape index (κ1) is 13.7. The maximum Gasteiger partial charge on any atom is 0.251 e. The van der Waals surface area contributed by atoms with E-state index in [0.717, 1.165) is 24.0 Å². The van der Waals surface area contributed by atoms with Crippen LogP contribution in [0.15, 0.2) is 24.3 Å².